The van der Waals surface area contributed by atoms with E-state index >= 15 is 0 Å². The highest BCUT2D eigenvalue weighted by atomic mass is 32.2. The van der Waals surface area contributed by atoms with E-state index in [0.717, 1.165) is 11.9 Å². The molecule has 0 radical (unpaired) electrons. The van der Waals surface area contributed by atoms with Gasteiger partial charge in [-0.3, -0.25) is 13.7 Å². The molecule has 5 rings (SSSR count). The van der Waals surface area contributed by atoms with E-state index in [4.69, 9.17) is 8.92 Å². The van der Waals surface area contributed by atoms with Gasteiger partial charge in [-0.1, -0.05) is 0 Å². The van der Waals surface area contributed by atoms with Gasteiger partial charge in [-0.05, 0) is 46.8 Å². The quantitative estimate of drug-likeness (QED) is 0.301. The minimum Gasteiger partial charge on any atom is -0.444 e. The molecule has 1 N–H and O–H groups in total. The number of carbonyl (C=O) groups excluding carboxylic acids is 2. The zero-order valence-electron chi connectivity index (χ0n) is 25.5. The van der Waals surface area contributed by atoms with Gasteiger partial charge < -0.3 is 24.3 Å². The van der Waals surface area contributed by atoms with Gasteiger partial charge in [0, 0.05) is 61.9 Å². The summed E-state index contributed by atoms with van der Waals surface area (Å²) in [6.45, 7) is 10.7. The van der Waals surface area contributed by atoms with Gasteiger partial charge in [0.1, 0.15) is 11.1 Å². The number of pyridine rings is 1. The van der Waals surface area contributed by atoms with E-state index in [1.807, 2.05) is 26.8 Å². The second kappa shape index (κ2) is 11.7. The average Bonchev–Trinajstić information content (AvgIpc) is 3.54. The van der Waals surface area contributed by atoms with Gasteiger partial charge in [-0.15, -0.1) is 0 Å². The Hall–Kier alpha value is -4.24. The van der Waals surface area contributed by atoms with Crippen LogP contribution in [0.1, 0.15) is 49.8 Å². The summed E-state index contributed by atoms with van der Waals surface area (Å²) in [7, 11) is -3.67. The van der Waals surface area contributed by atoms with Crippen LogP contribution in [0.15, 0.2) is 36.8 Å². The molecule has 0 spiro atoms. The van der Waals surface area contributed by atoms with Crippen LogP contribution >= 0.6 is 0 Å². The Morgan fingerprint density at radius 3 is 2.48 bits per heavy atom. The SMILES string of the molecule is Cc1cn2cc(NC(=O)c3ccc(N4CCN(C(=O)OC(C)(C)C)CC4)c4cn(C(C)COS(C)(=O)=O)nc34)cc(F)c2n1. The molecule has 0 saturated carbocycles. The van der Waals surface area contributed by atoms with Crippen molar-refractivity contribution in [2.75, 3.05) is 49.3 Å². The van der Waals surface area contributed by atoms with Gasteiger partial charge in [0.2, 0.25) is 0 Å². The molecular weight excluding hydrogens is 593 g/mol. The number of nitrogens with zero attached hydrogens (tertiary/aromatic N) is 6. The van der Waals surface area contributed by atoms with Crippen molar-refractivity contribution in [3.05, 3.63) is 53.9 Å². The second-order valence-electron chi connectivity index (χ2n) is 11.9. The summed E-state index contributed by atoms with van der Waals surface area (Å²) in [4.78, 5) is 34.0. The van der Waals surface area contributed by atoms with Crippen LogP contribution in [0.4, 0.5) is 20.6 Å². The van der Waals surface area contributed by atoms with Crippen LogP contribution in [0.25, 0.3) is 16.6 Å². The highest BCUT2D eigenvalue weighted by molar-refractivity contribution is 7.85. The monoisotopic (exact) mass is 629 g/mol. The Bertz CT molecular complexity index is 1840. The number of piperazine rings is 1. The third kappa shape index (κ3) is 6.94. The van der Waals surface area contributed by atoms with Crippen LogP contribution in [-0.4, -0.2) is 89.1 Å². The predicted octanol–water partition coefficient (Wildman–Crippen LogP) is 3.98. The number of carbonyl (C=O) groups is 2. The molecule has 15 heteroatoms. The lowest BCUT2D eigenvalue weighted by atomic mass is 10.1. The summed E-state index contributed by atoms with van der Waals surface area (Å²) < 4.78 is 51.5. The number of aromatic nitrogens is 4. The summed E-state index contributed by atoms with van der Waals surface area (Å²) in [5.74, 6) is -1.08. The number of fused-ring (bicyclic) bond motifs is 2. The first-order chi connectivity index (χ1) is 20.6. The maximum absolute atomic E-state index is 14.7. The Kier molecular flexibility index (Phi) is 8.29. The van der Waals surface area contributed by atoms with E-state index in [9.17, 15) is 22.4 Å². The molecule has 1 saturated heterocycles. The fourth-order valence-corrected chi connectivity index (χ4v) is 5.44. The van der Waals surface area contributed by atoms with Crippen molar-refractivity contribution in [3.63, 3.8) is 0 Å². The highest BCUT2D eigenvalue weighted by Crippen LogP contribution is 2.32. The van der Waals surface area contributed by atoms with E-state index < -0.39 is 33.5 Å². The van der Waals surface area contributed by atoms with E-state index in [0.29, 0.717) is 42.8 Å². The van der Waals surface area contributed by atoms with Gasteiger partial charge in [0.05, 0.1) is 35.8 Å². The number of hydrogen-bond donors (Lipinski definition) is 1. The molecular formula is C29H36FN7O6S. The summed E-state index contributed by atoms with van der Waals surface area (Å²) in [5, 5.41) is 8.08. The molecule has 3 aromatic heterocycles. The lowest BCUT2D eigenvalue weighted by molar-refractivity contribution is 0.0240. The molecule has 1 fully saturated rings. The number of ether oxygens (including phenoxy) is 1. The lowest BCUT2D eigenvalue weighted by Crippen LogP contribution is -2.50. The fraction of sp³-hybridized carbons (Fsp3) is 0.448. The molecule has 1 aromatic carbocycles. The van der Waals surface area contributed by atoms with Crippen LogP contribution in [0.3, 0.4) is 0 Å². The molecule has 1 unspecified atom stereocenters. The number of rotatable bonds is 7. The van der Waals surface area contributed by atoms with Crippen LogP contribution in [-0.2, 0) is 19.0 Å². The van der Waals surface area contributed by atoms with Gasteiger partial charge in [-0.25, -0.2) is 14.2 Å². The molecule has 4 aromatic rings. The van der Waals surface area contributed by atoms with Gasteiger partial charge in [-0.2, -0.15) is 13.5 Å². The number of nitrogens with one attached hydrogen (secondary N) is 1. The van der Waals surface area contributed by atoms with Gasteiger partial charge in [0.15, 0.2) is 11.5 Å². The molecule has 4 heterocycles. The number of aryl methyl sites for hydroxylation is 1. The van der Waals surface area contributed by atoms with Crippen molar-refractivity contribution in [1.29, 1.82) is 0 Å². The van der Waals surface area contributed by atoms with Gasteiger partial charge in [0.25, 0.3) is 16.0 Å². The first-order valence-corrected chi connectivity index (χ1v) is 15.9. The van der Waals surface area contributed by atoms with Crippen LogP contribution in [0.2, 0.25) is 0 Å². The maximum atomic E-state index is 14.7. The Labute approximate surface area is 254 Å². The molecule has 0 bridgehead atoms. The number of benzene rings is 1. The van der Waals surface area contributed by atoms with E-state index in [2.05, 4.69) is 20.3 Å². The Morgan fingerprint density at radius 1 is 1.11 bits per heavy atom. The first-order valence-electron chi connectivity index (χ1n) is 14.1. The predicted molar refractivity (Wildman–Crippen MR) is 163 cm³/mol. The molecule has 1 aliphatic heterocycles. The normalized spacial score (nSPS) is 15.2. The molecule has 236 valence electrons. The topological polar surface area (TPSA) is 140 Å². The van der Waals surface area contributed by atoms with Crippen molar-refractivity contribution in [3.8, 4) is 0 Å². The third-order valence-corrected chi connectivity index (χ3v) is 7.61. The largest absolute Gasteiger partial charge is 0.444 e. The molecule has 0 aliphatic carbocycles. The smallest absolute Gasteiger partial charge is 0.410 e. The average molecular weight is 630 g/mol. The molecule has 1 atom stereocenters. The fourth-order valence-electron chi connectivity index (χ4n) is 4.99. The van der Waals surface area contributed by atoms with E-state index in [-0.39, 0.29) is 29.6 Å². The molecule has 13 nitrogen and oxygen atoms in total. The number of amides is 2. The Morgan fingerprint density at radius 2 is 1.82 bits per heavy atom. The Balaban J connectivity index is 1.45. The van der Waals surface area contributed by atoms with Crippen LogP contribution in [0.5, 0.6) is 0 Å². The summed E-state index contributed by atoms with van der Waals surface area (Å²) >= 11 is 0. The van der Waals surface area contributed by atoms with E-state index in [1.54, 1.807) is 48.1 Å². The maximum Gasteiger partial charge on any atom is 0.410 e. The molecule has 44 heavy (non-hydrogen) atoms. The number of imidazole rings is 1. The van der Waals surface area contributed by atoms with Crippen LogP contribution in [0, 0.1) is 12.7 Å². The summed E-state index contributed by atoms with van der Waals surface area (Å²) in [6, 6.07) is 4.19. The van der Waals surface area contributed by atoms with Crippen molar-refractivity contribution in [2.24, 2.45) is 0 Å². The first kappa shape index (κ1) is 31.2. The molecule has 1 aliphatic rings. The van der Waals surface area contributed by atoms with Gasteiger partial charge >= 0.3 is 6.09 Å². The highest BCUT2D eigenvalue weighted by Gasteiger charge is 2.28. The summed E-state index contributed by atoms with van der Waals surface area (Å²) in [6.07, 6.45) is 5.59. The molecule has 2 amide bonds. The van der Waals surface area contributed by atoms with Crippen molar-refractivity contribution in [2.45, 2.75) is 46.3 Å². The number of halogens is 1. The van der Waals surface area contributed by atoms with Crippen molar-refractivity contribution < 1.29 is 31.3 Å². The number of hydrogen-bond acceptors (Lipinski definition) is 9. The lowest BCUT2D eigenvalue weighted by Gasteiger charge is -2.37. The minimum atomic E-state index is -3.67. The van der Waals surface area contributed by atoms with Crippen molar-refractivity contribution >= 4 is 50.0 Å². The van der Waals surface area contributed by atoms with E-state index in [1.165, 1.54) is 10.5 Å². The standard InChI is InChI=1S/C29H36FN7O6S/c1-18-14-36-15-20(13-23(30)26(36)31-18)32-27(38)21-7-8-24(34-9-11-35(12-10-34)28(39)43-29(3,4)5)22-16-37(33-25(21)22)19(2)17-42-44(6,40)41/h7-8,13-16,19H,9-12,17H2,1-6H3,(H,32,38). The summed E-state index contributed by atoms with van der Waals surface area (Å²) in [5.41, 5.74) is 1.85. The number of anilines is 2. The zero-order chi connectivity index (χ0) is 32.0. The van der Waals surface area contributed by atoms with Crippen LogP contribution < -0.4 is 10.2 Å². The minimum absolute atomic E-state index is 0.151. The third-order valence-electron chi connectivity index (χ3n) is 7.05. The second-order valence-corrected chi connectivity index (χ2v) is 13.6. The van der Waals surface area contributed by atoms with Crippen molar-refractivity contribution in [1.82, 2.24) is 24.1 Å². The zero-order valence-corrected chi connectivity index (χ0v) is 26.3.